The van der Waals surface area contributed by atoms with Gasteiger partial charge in [-0.15, -0.1) is 11.3 Å². The average molecular weight is 282 g/mol. The monoisotopic (exact) mass is 282 g/mol. The molecule has 1 aromatic rings. The first-order valence-corrected chi connectivity index (χ1v) is 8.12. The molecule has 19 heavy (non-hydrogen) atoms. The number of nitrogens with one attached hydrogen (secondary N) is 1. The van der Waals surface area contributed by atoms with Gasteiger partial charge < -0.3 is 10.4 Å². The summed E-state index contributed by atoms with van der Waals surface area (Å²) < 4.78 is 0. The zero-order valence-corrected chi connectivity index (χ0v) is 13.1. The van der Waals surface area contributed by atoms with Crippen molar-refractivity contribution in [3.63, 3.8) is 0 Å². The predicted molar refractivity (Wildman–Crippen MR) is 80.5 cm³/mol. The molecule has 2 N–H and O–H groups in total. The highest BCUT2D eigenvalue weighted by Gasteiger charge is 2.24. The van der Waals surface area contributed by atoms with Crippen LogP contribution in [0.15, 0.2) is 6.20 Å². The Morgan fingerprint density at radius 3 is 2.74 bits per heavy atom. The lowest BCUT2D eigenvalue weighted by Crippen LogP contribution is -2.39. The number of rotatable bonds is 4. The van der Waals surface area contributed by atoms with Gasteiger partial charge in [-0.2, -0.15) is 0 Å². The first-order chi connectivity index (χ1) is 9.00. The van der Waals surface area contributed by atoms with Gasteiger partial charge in [0.05, 0.1) is 5.01 Å². The van der Waals surface area contributed by atoms with Crippen molar-refractivity contribution in [2.75, 3.05) is 6.61 Å². The summed E-state index contributed by atoms with van der Waals surface area (Å²) in [6.45, 7) is 7.80. The van der Waals surface area contributed by atoms with Crippen molar-refractivity contribution < 1.29 is 5.11 Å². The smallest absolute Gasteiger partial charge is 0.0981 e. The van der Waals surface area contributed by atoms with Gasteiger partial charge in [0.25, 0.3) is 0 Å². The van der Waals surface area contributed by atoms with Crippen molar-refractivity contribution in [3.8, 4) is 0 Å². The number of nitrogens with zero attached hydrogens (tertiary/aromatic N) is 1. The highest BCUT2D eigenvalue weighted by atomic mass is 32.1. The maximum absolute atomic E-state index is 9.42. The Morgan fingerprint density at radius 1 is 1.37 bits per heavy atom. The number of hydrogen-bond donors (Lipinski definition) is 2. The van der Waals surface area contributed by atoms with E-state index in [1.54, 1.807) is 11.3 Å². The highest BCUT2D eigenvalue weighted by molar-refractivity contribution is 7.11. The molecule has 4 heteroatoms. The number of aromatic nitrogens is 1. The Balaban J connectivity index is 1.89. The van der Waals surface area contributed by atoms with Gasteiger partial charge in [-0.3, -0.25) is 0 Å². The fourth-order valence-electron chi connectivity index (χ4n) is 2.66. The van der Waals surface area contributed by atoms with Gasteiger partial charge in [-0.1, -0.05) is 33.6 Å². The molecule has 2 rings (SSSR count). The van der Waals surface area contributed by atoms with Crippen molar-refractivity contribution in [2.45, 2.75) is 64.5 Å². The van der Waals surface area contributed by atoms with Gasteiger partial charge in [0.2, 0.25) is 0 Å². The molecule has 1 aromatic heterocycles. The zero-order valence-electron chi connectivity index (χ0n) is 12.3. The molecule has 1 aliphatic rings. The molecule has 2 unspecified atom stereocenters. The molecular weight excluding hydrogens is 256 g/mol. The van der Waals surface area contributed by atoms with Gasteiger partial charge in [0.15, 0.2) is 0 Å². The fourth-order valence-corrected chi connectivity index (χ4v) is 3.58. The molecule has 0 aromatic carbocycles. The number of thiazole rings is 1. The highest BCUT2D eigenvalue weighted by Crippen LogP contribution is 2.28. The lowest BCUT2D eigenvalue weighted by molar-refractivity contribution is 0.152. The van der Waals surface area contributed by atoms with Crippen LogP contribution in [0.25, 0.3) is 0 Å². The van der Waals surface area contributed by atoms with E-state index >= 15 is 0 Å². The molecule has 0 radical (unpaired) electrons. The predicted octanol–water partition coefficient (Wildman–Crippen LogP) is 3.08. The topological polar surface area (TPSA) is 45.2 Å². The van der Waals surface area contributed by atoms with E-state index in [0.717, 1.165) is 13.0 Å². The van der Waals surface area contributed by atoms with Crippen molar-refractivity contribution >= 4 is 11.3 Å². The summed E-state index contributed by atoms with van der Waals surface area (Å²) in [5, 5.41) is 14.2. The Labute approximate surface area is 120 Å². The van der Waals surface area contributed by atoms with E-state index < -0.39 is 0 Å². The maximum Gasteiger partial charge on any atom is 0.0981 e. The standard InChI is InChI=1S/C15H26N2OS/c1-15(2,3)14-17-9-12(19-14)8-16-13-7-5-4-6-11(13)10-18/h9,11,13,16,18H,4-8,10H2,1-3H3. The molecule has 0 aliphatic heterocycles. The van der Waals surface area contributed by atoms with E-state index in [4.69, 9.17) is 0 Å². The number of aliphatic hydroxyl groups excluding tert-OH is 1. The minimum Gasteiger partial charge on any atom is -0.396 e. The molecule has 1 fully saturated rings. The molecule has 0 amide bonds. The molecule has 1 aliphatic carbocycles. The second-order valence-corrected chi connectivity index (χ2v) is 7.71. The van der Waals surface area contributed by atoms with Crippen molar-refractivity contribution in [2.24, 2.45) is 5.92 Å². The molecule has 0 saturated heterocycles. The van der Waals surface area contributed by atoms with Crippen LogP contribution in [0.4, 0.5) is 0 Å². The van der Waals surface area contributed by atoms with Crippen LogP contribution < -0.4 is 5.32 Å². The summed E-state index contributed by atoms with van der Waals surface area (Å²) in [6.07, 6.45) is 6.89. The van der Waals surface area contributed by atoms with Crippen LogP contribution in [0, 0.1) is 5.92 Å². The maximum atomic E-state index is 9.42. The van der Waals surface area contributed by atoms with Gasteiger partial charge in [0.1, 0.15) is 0 Å². The van der Waals surface area contributed by atoms with Crippen molar-refractivity contribution in [1.29, 1.82) is 0 Å². The summed E-state index contributed by atoms with van der Waals surface area (Å²) in [5.41, 5.74) is 0.140. The first kappa shape index (κ1) is 14.9. The quantitative estimate of drug-likeness (QED) is 0.892. The third-order valence-corrected chi connectivity index (χ3v) is 5.30. The molecule has 1 saturated carbocycles. The normalized spacial score (nSPS) is 24.6. The van der Waals surface area contributed by atoms with Gasteiger partial charge in [-0.05, 0) is 18.8 Å². The van der Waals surface area contributed by atoms with Crippen LogP contribution in [0.3, 0.4) is 0 Å². The first-order valence-electron chi connectivity index (χ1n) is 7.30. The van der Waals surface area contributed by atoms with Crippen LogP contribution in [0.2, 0.25) is 0 Å². The molecule has 108 valence electrons. The van der Waals surface area contributed by atoms with Crippen LogP contribution in [-0.2, 0) is 12.0 Å². The molecule has 3 nitrogen and oxygen atoms in total. The minimum atomic E-state index is 0.140. The van der Waals surface area contributed by atoms with Gasteiger partial charge >= 0.3 is 0 Å². The molecular formula is C15H26N2OS. The Kier molecular flexibility index (Phi) is 4.98. The Morgan fingerprint density at radius 2 is 2.11 bits per heavy atom. The van der Waals surface area contributed by atoms with Crippen molar-refractivity contribution in [1.82, 2.24) is 10.3 Å². The molecule has 0 spiro atoms. The van der Waals surface area contributed by atoms with Gasteiger partial charge in [-0.25, -0.2) is 4.98 Å². The second kappa shape index (κ2) is 6.33. The van der Waals surface area contributed by atoms with Crippen LogP contribution in [0.1, 0.15) is 56.3 Å². The summed E-state index contributed by atoms with van der Waals surface area (Å²) in [4.78, 5) is 5.82. The summed E-state index contributed by atoms with van der Waals surface area (Å²) in [7, 11) is 0. The largest absolute Gasteiger partial charge is 0.396 e. The average Bonchev–Trinajstić information content (AvgIpc) is 2.85. The van der Waals surface area contributed by atoms with Gasteiger partial charge in [0, 0.05) is 35.7 Å². The molecule has 0 bridgehead atoms. The third kappa shape index (κ3) is 4.01. The van der Waals surface area contributed by atoms with E-state index in [1.807, 2.05) is 6.20 Å². The number of aliphatic hydroxyl groups is 1. The van der Waals surface area contributed by atoms with E-state index in [1.165, 1.54) is 29.1 Å². The lowest BCUT2D eigenvalue weighted by atomic mass is 9.85. The van der Waals surface area contributed by atoms with Crippen LogP contribution >= 0.6 is 11.3 Å². The Hall–Kier alpha value is -0.450. The second-order valence-electron chi connectivity index (χ2n) is 6.60. The molecule has 1 heterocycles. The van der Waals surface area contributed by atoms with E-state index in [9.17, 15) is 5.11 Å². The zero-order chi connectivity index (χ0) is 13.9. The lowest BCUT2D eigenvalue weighted by Gasteiger charge is -2.30. The van der Waals surface area contributed by atoms with E-state index in [2.05, 4.69) is 31.1 Å². The third-order valence-electron chi connectivity index (χ3n) is 3.88. The van der Waals surface area contributed by atoms with E-state index in [-0.39, 0.29) is 5.41 Å². The summed E-state index contributed by atoms with van der Waals surface area (Å²) in [5.74, 6) is 0.434. The summed E-state index contributed by atoms with van der Waals surface area (Å²) >= 11 is 1.80. The van der Waals surface area contributed by atoms with Crippen molar-refractivity contribution in [3.05, 3.63) is 16.1 Å². The summed E-state index contributed by atoms with van der Waals surface area (Å²) in [6, 6.07) is 0.471. The van der Waals surface area contributed by atoms with Crippen LogP contribution in [0.5, 0.6) is 0 Å². The van der Waals surface area contributed by atoms with Crippen LogP contribution in [-0.4, -0.2) is 22.7 Å². The SMILES string of the molecule is CC(C)(C)c1ncc(CNC2CCCCC2CO)s1. The molecule has 2 atom stereocenters. The minimum absolute atomic E-state index is 0.140. The van der Waals surface area contributed by atoms with E-state index in [0.29, 0.717) is 18.6 Å². The fraction of sp³-hybridized carbons (Fsp3) is 0.800. The number of hydrogen-bond acceptors (Lipinski definition) is 4. The Bertz CT molecular complexity index is 397.